The largest absolute Gasteiger partial charge is 0.496 e. The minimum atomic E-state index is -0.181. The maximum absolute atomic E-state index is 12.5. The van der Waals surface area contributed by atoms with Crippen molar-refractivity contribution in [3.8, 4) is 5.75 Å². The van der Waals surface area contributed by atoms with Gasteiger partial charge in [-0.25, -0.2) is 0 Å². The van der Waals surface area contributed by atoms with Gasteiger partial charge in [0.25, 0.3) is 0 Å². The number of carbonyl (C=O) groups excluding carboxylic acids is 2. The lowest BCUT2D eigenvalue weighted by Gasteiger charge is -2.34. The van der Waals surface area contributed by atoms with E-state index in [0.717, 1.165) is 39.9 Å². The standard InChI is InChI=1S/C25H25NO5/c1-31-24-11-21-19(9-15(24)13-28)18-8-14(23(29)6-7-27)2-4-17(18)20-10-16-3-5-25(30)26(16)12-22(20)21/h2,4,8-9,11,16,27-28H,3,5-7,10,12-13H2,1H3/t16-/m0/s1. The molecule has 3 aromatic rings. The van der Waals surface area contributed by atoms with Crippen LogP contribution in [0.2, 0.25) is 0 Å². The fraction of sp³-hybridized carbons (Fsp3) is 0.360. The van der Waals surface area contributed by atoms with Gasteiger partial charge in [0.1, 0.15) is 5.75 Å². The summed E-state index contributed by atoms with van der Waals surface area (Å²) in [6, 6.07) is 9.81. The molecule has 6 heteroatoms. The summed E-state index contributed by atoms with van der Waals surface area (Å²) < 4.78 is 5.53. The Balaban J connectivity index is 1.83. The minimum absolute atomic E-state index is 0.0865. The third-order valence-corrected chi connectivity index (χ3v) is 6.80. The number of methoxy groups -OCH3 is 1. The summed E-state index contributed by atoms with van der Waals surface area (Å²) in [5.41, 5.74) is 3.58. The molecule has 1 fully saturated rings. The monoisotopic (exact) mass is 419 g/mol. The van der Waals surface area contributed by atoms with E-state index < -0.39 is 0 Å². The number of aliphatic hydroxyl groups is 2. The smallest absolute Gasteiger partial charge is 0.223 e. The average Bonchev–Trinajstić information content (AvgIpc) is 3.16. The Bertz CT molecular complexity index is 1230. The van der Waals surface area contributed by atoms with E-state index in [2.05, 4.69) is 0 Å². The molecule has 1 saturated heterocycles. The van der Waals surface area contributed by atoms with Crippen LogP contribution in [0.4, 0.5) is 0 Å². The van der Waals surface area contributed by atoms with E-state index in [0.29, 0.717) is 29.8 Å². The number of amides is 1. The van der Waals surface area contributed by atoms with Gasteiger partial charge in [0.2, 0.25) is 5.91 Å². The Hall–Kier alpha value is -2.96. The molecule has 1 atom stereocenters. The van der Waals surface area contributed by atoms with Gasteiger partial charge in [-0.3, -0.25) is 9.59 Å². The molecule has 2 aliphatic heterocycles. The third-order valence-electron chi connectivity index (χ3n) is 6.80. The maximum atomic E-state index is 12.5. The number of hydrogen-bond acceptors (Lipinski definition) is 5. The quantitative estimate of drug-likeness (QED) is 0.490. The van der Waals surface area contributed by atoms with Crippen molar-refractivity contribution < 1.29 is 24.5 Å². The number of ketones is 1. The molecule has 3 aromatic carbocycles. The highest BCUT2D eigenvalue weighted by Crippen LogP contribution is 2.42. The third kappa shape index (κ3) is 3.09. The van der Waals surface area contributed by atoms with Crippen LogP contribution in [0.15, 0.2) is 30.3 Å². The van der Waals surface area contributed by atoms with Gasteiger partial charge in [0.15, 0.2) is 5.78 Å². The van der Waals surface area contributed by atoms with Gasteiger partial charge < -0.3 is 19.8 Å². The zero-order valence-corrected chi connectivity index (χ0v) is 17.5. The second kappa shape index (κ2) is 7.62. The fourth-order valence-electron chi connectivity index (χ4n) is 5.23. The highest BCUT2D eigenvalue weighted by molar-refractivity contribution is 6.14. The molecule has 6 nitrogen and oxygen atoms in total. The molecule has 0 saturated carbocycles. The number of carbonyl (C=O) groups is 2. The van der Waals surface area contributed by atoms with Crippen LogP contribution < -0.4 is 4.74 Å². The molecule has 2 aliphatic rings. The van der Waals surface area contributed by atoms with Gasteiger partial charge in [0.05, 0.1) is 20.3 Å². The number of nitrogens with zero attached hydrogens (tertiary/aromatic N) is 1. The van der Waals surface area contributed by atoms with Crippen molar-refractivity contribution in [1.82, 2.24) is 4.90 Å². The molecular formula is C25H25NO5. The summed E-state index contributed by atoms with van der Waals surface area (Å²) in [6.45, 7) is 0.227. The van der Waals surface area contributed by atoms with Gasteiger partial charge in [-0.05, 0) is 63.7 Å². The molecule has 31 heavy (non-hydrogen) atoms. The van der Waals surface area contributed by atoms with E-state index in [9.17, 15) is 19.8 Å². The Labute approximate surface area is 180 Å². The molecule has 2 heterocycles. The Morgan fingerprint density at radius 1 is 1.10 bits per heavy atom. The molecule has 160 valence electrons. The Morgan fingerprint density at radius 3 is 2.65 bits per heavy atom. The molecule has 5 rings (SSSR count). The Morgan fingerprint density at radius 2 is 1.90 bits per heavy atom. The van der Waals surface area contributed by atoms with E-state index in [4.69, 9.17) is 4.74 Å². The van der Waals surface area contributed by atoms with Crippen LogP contribution in [0.3, 0.4) is 0 Å². The van der Waals surface area contributed by atoms with Gasteiger partial charge in [-0.1, -0.05) is 12.1 Å². The summed E-state index contributed by atoms with van der Waals surface area (Å²) in [4.78, 5) is 26.9. The van der Waals surface area contributed by atoms with Crippen LogP contribution in [0.5, 0.6) is 5.75 Å². The first-order chi connectivity index (χ1) is 15.0. The summed E-state index contributed by atoms with van der Waals surface area (Å²) in [5, 5.41) is 23.0. The summed E-state index contributed by atoms with van der Waals surface area (Å²) >= 11 is 0. The number of hydrogen-bond donors (Lipinski definition) is 2. The van der Waals surface area contributed by atoms with E-state index in [-0.39, 0.29) is 37.4 Å². The van der Waals surface area contributed by atoms with Gasteiger partial charge in [-0.2, -0.15) is 0 Å². The first-order valence-electron chi connectivity index (χ1n) is 10.7. The van der Waals surface area contributed by atoms with Crippen molar-refractivity contribution >= 4 is 33.2 Å². The molecular weight excluding hydrogens is 394 g/mol. The number of benzene rings is 3. The summed E-state index contributed by atoms with van der Waals surface area (Å²) in [7, 11) is 1.58. The number of Topliss-reactive ketones (excluding diaryl/α,β-unsaturated/α-hetero) is 1. The lowest BCUT2D eigenvalue weighted by molar-refractivity contribution is -0.129. The van der Waals surface area contributed by atoms with Crippen LogP contribution in [0.25, 0.3) is 21.5 Å². The topological polar surface area (TPSA) is 87.1 Å². The maximum Gasteiger partial charge on any atom is 0.223 e. The fourth-order valence-corrected chi connectivity index (χ4v) is 5.23. The SMILES string of the molecule is COc1cc2c3c(c4ccc(C(=O)CCO)cc4c2cc1CO)C[C@@H]1CCC(=O)N1C3. The lowest BCUT2D eigenvalue weighted by atomic mass is 9.84. The molecule has 0 spiro atoms. The van der Waals surface area contributed by atoms with E-state index >= 15 is 0 Å². The minimum Gasteiger partial charge on any atom is -0.496 e. The predicted octanol–water partition coefficient (Wildman–Crippen LogP) is 3.11. The van der Waals surface area contributed by atoms with Crippen LogP contribution >= 0.6 is 0 Å². The number of ether oxygens (including phenoxy) is 1. The average molecular weight is 419 g/mol. The molecule has 1 amide bonds. The zero-order valence-electron chi connectivity index (χ0n) is 17.5. The molecule has 0 unspecified atom stereocenters. The molecule has 0 bridgehead atoms. The lowest BCUT2D eigenvalue weighted by Crippen LogP contribution is -2.38. The highest BCUT2D eigenvalue weighted by atomic mass is 16.5. The first kappa shape index (κ1) is 20.0. The molecule has 2 N–H and O–H groups in total. The van der Waals surface area contributed by atoms with Crippen LogP contribution in [-0.4, -0.2) is 46.6 Å². The van der Waals surface area contributed by atoms with Crippen molar-refractivity contribution in [1.29, 1.82) is 0 Å². The highest BCUT2D eigenvalue weighted by Gasteiger charge is 2.36. The van der Waals surface area contributed by atoms with Crippen LogP contribution in [0, 0.1) is 0 Å². The number of rotatable bonds is 5. The second-order valence-corrected chi connectivity index (χ2v) is 8.40. The van der Waals surface area contributed by atoms with Crippen LogP contribution in [-0.2, 0) is 24.4 Å². The van der Waals surface area contributed by atoms with Crippen molar-refractivity contribution in [2.75, 3.05) is 13.7 Å². The van der Waals surface area contributed by atoms with Gasteiger partial charge >= 0.3 is 0 Å². The van der Waals surface area contributed by atoms with Gasteiger partial charge in [-0.15, -0.1) is 0 Å². The molecule has 0 aliphatic carbocycles. The van der Waals surface area contributed by atoms with E-state index in [1.54, 1.807) is 7.11 Å². The van der Waals surface area contributed by atoms with E-state index in [1.807, 2.05) is 35.2 Å². The summed E-state index contributed by atoms with van der Waals surface area (Å²) in [5.74, 6) is 0.713. The summed E-state index contributed by atoms with van der Waals surface area (Å²) in [6.07, 6.45) is 2.34. The number of fused-ring (bicyclic) bond motifs is 7. The predicted molar refractivity (Wildman–Crippen MR) is 117 cm³/mol. The second-order valence-electron chi connectivity index (χ2n) is 8.40. The van der Waals surface area contributed by atoms with Crippen molar-refractivity contribution in [3.63, 3.8) is 0 Å². The number of aliphatic hydroxyl groups excluding tert-OH is 2. The van der Waals surface area contributed by atoms with Crippen molar-refractivity contribution in [2.45, 2.75) is 44.9 Å². The molecule has 0 radical (unpaired) electrons. The normalized spacial score (nSPS) is 17.8. The van der Waals surface area contributed by atoms with E-state index in [1.165, 1.54) is 5.56 Å². The van der Waals surface area contributed by atoms with Crippen LogP contribution in [0.1, 0.15) is 46.3 Å². The van der Waals surface area contributed by atoms with Crippen molar-refractivity contribution in [3.05, 3.63) is 52.6 Å². The molecule has 0 aromatic heterocycles. The Kier molecular flexibility index (Phi) is 4.91. The van der Waals surface area contributed by atoms with Gasteiger partial charge in [0, 0.05) is 36.6 Å². The van der Waals surface area contributed by atoms with Crippen molar-refractivity contribution in [2.24, 2.45) is 0 Å². The first-order valence-corrected chi connectivity index (χ1v) is 10.7. The zero-order chi connectivity index (χ0) is 21.7.